The maximum absolute atomic E-state index is 8.84. The maximum Gasteiger partial charge on any atom is 0.451 e. The van der Waals surface area contributed by atoms with Crippen LogP contribution in [0.3, 0.4) is 0 Å². The van der Waals surface area contributed by atoms with Crippen molar-refractivity contribution in [3.8, 4) is 0 Å². The molecule has 0 aromatic heterocycles. The quantitative estimate of drug-likeness (QED) is 0.483. The smallest absolute Gasteiger partial charge is 0.427 e. The molecule has 7 heteroatoms. The second kappa shape index (κ2) is 12.8. The molecular weight excluding hydrogens is 319 g/mol. The molecular formula is C18H29BN2O4. The molecule has 25 heavy (non-hydrogen) atoms. The molecule has 0 amide bonds. The summed E-state index contributed by atoms with van der Waals surface area (Å²) in [6.07, 6.45) is 5.90. The van der Waals surface area contributed by atoms with Crippen molar-refractivity contribution in [2.75, 3.05) is 13.1 Å². The van der Waals surface area contributed by atoms with Crippen LogP contribution in [0.1, 0.15) is 37.7 Å². The Kier molecular flexibility index (Phi) is 11.0. The van der Waals surface area contributed by atoms with E-state index in [-0.39, 0.29) is 12.2 Å². The third-order valence-corrected chi connectivity index (χ3v) is 4.74. The Bertz CT molecular complexity index is 487. The molecule has 1 heterocycles. The van der Waals surface area contributed by atoms with Gasteiger partial charge in [-0.15, -0.1) is 0 Å². The SMILES string of the molecule is N[C@@H](CCCCB(O)O)C1CCN(Cc2ccccc2)CC1.O=C=O. The normalized spacial score (nSPS) is 16.4. The summed E-state index contributed by atoms with van der Waals surface area (Å²) in [4.78, 5) is 18.8. The molecule has 138 valence electrons. The molecule has 1 aliphatic heterocycles. The number of unbranched alkanes of at least 4 members (excludes halogenated alkanes) is 1. The summed E-state index contributed by atoms with van der Waals surface area (Å²) in [5.74, 6) is 0.617. The van der Waals surface area contributed by atoms with Gasteiger partial charge in [0.05, 0.1) is 0 Å². The minimum atomic E-state index is -1.17. The Hall–Kier alpha value is -1.50. The van der Waals surface area contributed by atoms with Crippen LogP contribution in [-0.4, -0.2) is 47.3 Å². The number of rotatable bonds is 8. The summed E-state index contributed by atoms with van der Waals surface area (Å²) in [5.41, 5.74) is 7.70. The number of carbonyl (C=O) groups excluding carboxylic acids is 2. The van der Waals surface area contributed by atoms with Crippen LogP contribution in [0.15, 0.2) is 30.3 Å². The van der Waals surface area contributed by atoms with Gasteiger partial charge in [-0.3, -0.25) is 4.90 Å². The molecule has 1 aliphatic rings. The molecule has 0 spiro atoms. The lowest BCUT2D eigenvalue weighted by Crippen LogP contribution is -2.40. The first-order valence-electron chi connectivity index (χ1n) is 8.94. The molecule has 2 rings (SSSR count). The van der Waals surface area contributed by atoms with Crippen molar-refractivity contribution < 1.29 is 19.6 Å². The predicted molar refractivity (Wildman–Crippen MR) is 96.3 cm³/mol. The van der Waals surface area contributed by atoms with Gasteiger partial charge in [-0.25, -0.2) is 0 Å². The highest BCUT2D eigenvalue weighted by Gasteiger charge is 2.24. The van der Waals surface area contributed by atoms with Gasteiger partial charge in [-0.05, 0) is 50.2 Å². The number of nitrogens with zero attached hydrogens (tertiary/aromatic N) is 1. The summed E-state index contributed by atoms with van der Waals surface area (Å²) in [6.45, 7) is 3.29. The van der Waals surface area contributed by atoms with E-state index in [1.165, 1.54) is 18.4 Å². The Morgan fingerprint density at radius 1 is 1.16 bits per heavy atom. The summed E-state index contributed by atoms with van der Waals surface area (Å²) in [6, 6.07) is 10.9. The van der Waals surface area contributed by atoms with Crippen molar-refractivity contribution in [1.82, 2.24) is 4.90 Å². The van der Waals surface area contributed by atoms with Crippen LogP contribution in [0.2, 0.25) is 6.32 Å². The average Bonchev–Trinajstić information content (AvgIpc) is 2.60. The fourth-order valence-electron chi connectivity index (χ4n) is 3.32. The monoisotopic (exact) mass is 348 g/mol. The molecule has 0 radical (unpaired) electrons. The largest absolute Gasteiger partial charge is 0.451 e. The maximum atomic E-state index is 8.84. The van der Waals surface area contributed by atoms with Crippen molar-refractivity contribution in [2.24, 2.45) is 11.7 Å². The zero-order valence-corrected chi connectivity index (χ0v) is 14.7. The van der Waals surface area contributed by atoms with Crippen LogP contribution in [0.4, 0.5) is 0 Å². The number of nitrogens with two attached hydrogens (primary N) is 1. The topological polar surface area (TPSA) is 104 Å². The van der Waals surface area contributed by atoms with Gasteiger partial charge in [0.25, 0.3) is 0 Å². The molecule has 0 bridgehead atoms. The Morgan fingerprint density at radius 2 is 1.76 bits per heavy atom. The van der Waals surface area contributed by atoms with Crippen LogP contribution in [-0.2, 0) is 16.1 Å². The number of benzene rings is 1. The van der Waals surface area contributed by atoms with Crippen LogP contribution < -0.4 is 5.73 Å². The highest BCUT2D eigenvalue weighted by atomic mass is 16.4. The summed E-state index contributed by atoms with van der Waals surface area (Å²) < 4.78 is 0. The van der Waals surface area contributed by atoms with Crippen molar-refractivity contribution in [3.05, 3.63) is 35.9 Å². The standard InChI is InChI=1S/C17H29BN2O2.CO2/c19-17(8-4-5-11-18(21)22)16-9-12-20(13-10-16)14-15-6-2-1-3-7-15;2-1-3/h1-3,6-7,16-17,21-22H,4-5,8-14,19H2;/t17-;/m0./s1. The fraction of sp³-hybridized carbons (Fsp3) is 0.611. The van der Waals surface area contributed by atoms with Gasteiger partial charge in [0, 0.05) is 12.6 Å². The average molecular weight is 348 g/mol. The first kappa shape index (κ1) is 21.5. The van der Waals surface area contributed by atoms with Gasteiger partial charge in [-0.2, -0.15) is 9.59 Å². The second-order valence-corrected chi connectivity index (χ2v) is 6.61. The van der Waals surface area contributed by atoms with E-state index < -0.39 is 7.12 Å². The van der Waals surface area contributed by atoms with Crippen molar-refractivity contribution in [3.63, 3.8) is 0 Å². The van der Waals surface area contributed by atoms with Gasteiger partial charge < -0.3 is 15.8 Å². The van der Waals surface area contributed by atoms with E-state index in [1.54, 1.807) is 0 Å². The zero-order chi connectivity index (χ0) is 18.5. The molecule has 4 N–H and O–H groups in total. The molecule has 1 atom stereocenters. The second-order valence-electron chi connectivity index (χ2n) is 6.61. The number of hydrogen-bond donors (Lipinski definition) is 3. The van der Waals surface area contributed by atoms with Gasteiger partial charge in [0.15, 0.2) is 0 Å². The zero-order valence-electron chi connectivity index (χ0n) is 14.7. The van der Waals surface area contributed by atoms with Crippen LogP contribution in [0.25, 0.3) is 0 Å². The Balaban J connectivity index is 0.000000970. The third-order valence-electron chi connectivity index (χ3n) is 4.74. The predicted octanol–water partition coefficient (Wildman–Crippen LogP) is 1.29. The fourth-order valence-corrected chi connectivity index (χ4v) is 3.32. The Morgan fingerprint density at radius 3 is 2.32 bits per heavy atom. The molecule has 0 unspecified atom stereocenters. The van der Waals surface area contributed by atoms with E-state index in [9.17, 15) is 0 Å². The summed E-state index contributed by atoms with van der Waals surface area (Å²) in [5, 5.41) is 17.7. The van der Waals surface area contributed by atoms with Crippen molar-refractivity contribution in [2.45, 2.75) is 51.0 Å². The van der Waals surface area contributed by atoms with Gasteiger partial charge in [-0.1, -0.05) is 43.2 Å². The van der Waals surface area contributed by atoms with E-state index in [2.05, 4.69) is 35.2 Å². The minimum Gasteiger partial charge on any atom is -0.427 e. The molecule has 0 aliphatic carbocycles. The molecule has 1 saturated heterocycles. The van der Waals surface area contributed by atoms with Crippen molar-refractivity contribution >= 4 is 13.3 Å². The van der Waals surface area contributed by atoms with E-state index in [0.717, 1.165) is 38.9 Å². The number of piperidine rings is 1. The lowest BCUT2D eigenvalue weighted by atomic mass is 9.82. The molecule has 1 fully saturated rings. The first-order valence-corrected chi connectivity index (χ1v) is 8.94. The van der Waals surface area contributed by atoms with E-state index >= 15 is 0 Å². The van der Waals surface area contributed by atoms with Crippen LogP contribution in [0.5, 0.6) is 0 Å². The van der Waals surface area contributed by atoms with Gasteiger partial charge in [0.1, 0.15) is 0 Å². The van der Waals surface area contributed by atoms with Crippen LogP contribution in [0, 0.1) is 5.92 Å². The van der Waals surface area contributed by atoms with E-state index in [0.29, 0.717) is 12.2 Å². The van der Waals surface area contributed by atoms with E-state index in [4.69, 9.17) is 25.4 Å². The molecule has 0 saturated carbocycles. The molecule has 1 aromatic carbocycles. The lowest BCUT2D eigenvalue weighted by molar-refractivity contribution is -0.191. The summed E-state index contributed by atoms with van der Waals surface area (Å²) in [7, 11) is -1.17. The molecule has 1 aromatic rings. The highest BCUT2D eigenvalue weighted by Crippen LogP contribution is 2.23. The van der Waals surface area contributed by atoms with Crippen molar-refractivity contribution in [1.29, 1.82) is 0 Å². The minimum absolute atomic E-state index is 0.250. The highest BCUT2D eigenvalue weighted by molar-refractivity contribution is 6.40. The third kappa shape index (κ3) is 9.53. The van der Waals surface area contributed by atoms with Crippen LogP contribution >= 0.6 is 0 Å². The number of hydrogen-bond acceptors (Lipinski definition) is 6. The Labute approximate surface area is 150 Å². The molecule has 6 nitrogen and oxygen atoms in total. The first-order chi connectivity index (χ1) is 12.1. The summed E-state index contributed by atoms with van der Waals surface area (Å²) >= 11 is 0. The van der Waals surface area contributed by atoms with E-state index in [1.807, 2.05) is 0 Å². The lowest BCUT2D eigenvalue weighted by Gasteiger charge is -2.34. The number of likely N-dealkylation sites (tertiary alicyclic amines) is 1. The van der Waals surface area contributed by atoms with Gasteiger partial charge in [0.2, 0.25) is 0 Å². The van der Waals surface area contributed by atoms with Gasteiger partial charge >= 0.3 is 13.3 Å².